The molecule has 1 saturated carbocycles. The monoisotopic (exact) mass is 246 g/mol. The van der Waals surface area contributed by atoms with Crippen LogP contribution in [0.5, 0.6) is 0 Å². The summed E-state index contributed by atoms with van der Waals surface area (Å²) in [4.78, 5) is 24.0. The Labute approximate surface area is 99.0 Å². The molecule has 7 nitrogen and oxygen atoms in total. The summed E-state index contributed by atoms with van der Waals surface area (Å²) in [5, 5.41) is 28.7. The van der Waals surface area contributed by atoms with Crippen LogP contribution in [0.25, 0.3) is 0 Å². The van der Waals surface area contributed by atoms with Crippen LogP contribution < -0.4 is 5.32 Å². The third kappa shape index (κ3) is 4.20. The van der Waals surface area contributed by atoms with Crippen LogP contribution in [0.1, 0.15) is 19.3 Å². The number of aliphatic hydroxyl groups excluding tert-OH is 2. The van der Waals surface area contributed by atoms with E-state index in [1.807, 2.05) is 0 Å². The third-order valence-corrected chi connectivity index (χ3v) is 2.60. The van der Waals surface area contributed by atoms with Gasteiger partial charge >= 0.3 is 12.0 Å². The van der Waals surface area contributed by atoms with Gasteiger partial charge in [0, 0.05) is 25.6 Å². The number of aliphatic carboxylic acids is 1. The first kappa shape index (κ1) is 13.7. The maximum atomic E-state index is 11.8. The summed E-state index contributed by atoms with van der Waals surface area (Å²) in [7, 11) is 0. The van der Waals surface area contributed by atoms with Gasteiger partial charge in [0.2, 0.25) is 0 Å². The van der Waals surface area contributed by atoms with Crippen molar-refractivity contribution in [2.24, 2.45) is 0 Å². The molecule has 0 aliphatic heterocycles. The Kier molecular flexibility index (Phi) is 5.17. The zero-order valence-corrected chi connectivity index (χ0v) is 9.50. The highest BCUT2D eigenvalue weighted by Crippen LogP contribution is 2.26. The number of carbonyl (C=O) groups is 2. The van der Waals surface area contributed by atoms with Crippen LogP contribution in [-0.2, 0) is 4.79 Å². The summed E-state index contributed by atoms with van der Waals surface area (Å²) in [6.07, 6.45) is 1.73. The average Bonchev–Trinajstić information content (AvgIpc) is 3.08. The molecule has 0 radical (unpaired) electrons. The van der Waals surface area contributed by atoms with Gasteiger partial charge in [0.05, 0.1) is 6.61 Å². The van der Waals surface area contributed by atoms with Crippen LogP contribution in [0.3, 0.4) is 0 Å². The Balaban J connectivity index is 2.51. The van der Waals surface area contributed by atoms with E-state index in [4.69, 9.17) is 15.3 Å². The molecule has 1 fully saturated rings. The zero-order chi connectivity index (χ0) is 12.8. The molecule has 1 aliphatic carbocycles. The largest absolute Gasteiger partial charge is 0.480 e. The normalized spacial score (nSPS) is 16.4. The predicted molar refractivity (Wildman–Crippen MR) is 58.5 cm³/mol. The quantitative estimate of drug-likeness (QED) is 0.460. The fourth-order valence-corrected chi connectivity index (χ4v) is 1.56. The molecule has 7 heteroatoms. The fraction of sp³-hybridized carbons (Fsp3) is 0.800. The first-order chi connectivity index (χ1) is 8.10. The Morgan fingerprint density at radius 1 is 1.29 bits per heavy atom. The molecular weight excluding hydrogens is 228 g/mol. The van der Waals surface area contributed by atoms with Crippen molar-refractivity contribution in [3.8, 4) is 0 Å². The maximum absolute atomic E-state index is 11.8. The highest BCUT2D eigenvalue weighted by Gasteiger charge is 2.33. The van der Waals surface area contributed by atoms with E-state index in [1.165, 1.54) is 4.90 Å². The second kappa shape index (κ2) is 6.41. The number of nitrogens with zero attached hydrogens (tertiary/aromatic N) is 1. The summed E-state index contributed by atoms with van der Waals surface area (Å²) in [5.74, 6) is -1.17. The Bertz CT molecular complexity index is 280. The van der Waals surface area contributed by atoms with Crippen LogP contribution in [0, 0.1) is 0 Å². The first-order valence-electron chi connectivity index (χ1n) is 5.61. The number of carboxylic acids is 1. The summed E-state index contributed by atoms with van der Waals surface area (Å²) >= 11 is 0. The van der Waals surface area contributed by atoms with E-state index in [0.29, 0.717) is 0 Å². The minimum Gasteiger partial charge on any atom is -0.480 e. The molecule has 0 saturated heterocycles. The van der Waals surface area contributed by atoms with E-state index in [0.717, 1.165) is 12.8 Å². The number of rotatable bonds is 7. The van der Waals surface area contributed by atoms with Gasteiger partial charge < -0.3 is 25.5 Å². The van der Waals surface area contributed by atoms with Crippen molar-refractivity contribution in [3.05, 3.63) is 0 Å². The highest BCUT2D eigenvalue weighted by molar-refractivity contribution is 5.82. The minimum absolute atomic E-state index is 0.0291. The number of carboxylic acid groups (broad SMARTS) is 1. The van der Waals surface area contributed by atoms with Gasteiger partial charge in [0.25, 0.3) is 0 Å². The van der Waals surface area contributed by atoms with Gasteiger partial charge in [-0.1, -0.05) is 0 Å². The predicted octanol–water partition coefficient (Wildman–Crippen LogP) is -1.01. The van der Waals surface area contributed by atoms with Crippen molar-refractivity contribution in [3.63, 3.8) is 0 Å². The van der Waals surface area contributed by atoms with E-state index < -0.39 is 18.0 Å². The second-order valence-electron chi connectivity index (χ2n) is 4.00. The van der Waals surface area contributed by atoms with E-state index in [-0.39, 0.29) is 32.2 Å². The topological polar surface area (TPSA) is 110 Å². The zero-order valence-electron chi connectivity index (χ0n) is 9.50. The standard InChI is InChI=1S/C10H18N2O5/c13-5-3-8(9(15)16)11-10(17)12(4-6-14)7-1-2-7/h7-8,13-14H,1-6H2,(H,11,17)(H,15,16)/t8-/m1/s1. The van der Waals surface area contributed by atoms with E-state index >= 15 is 0 Å². The molecule has 0 aromatic carbocycles. The molecule has 17 heavy (non-hydrogen) atoms. The summed E-state index contributed by atoms with van der Waals surface area (Å²) in [6.45, 7) is -0.260. The van der Waals surface area contributed by atoms with Gasteiger partial charge in [-0.05, 0) is 12.8 Å². The van der Waals surface area contributed by atoms with Crippen molar-refractivity contribution in [1.82, 2.24) is 10.2 Å². The first-order valence-corrected chi connectivity index (χ1v) is 5.61. The fourth-order valence-electron chi connectivity index (χ4n) is 1.56. The van der Waals surface area contributed by atoms with Crippen LogP contribution in [0.15, 0.2) is 0 Å². The van der Waals surface area contributed by atoms with Gasteiger partial charge in [-0.25, -0.2) is 9.59 Å². The van der Waals surface area contributed by atoms with Crippen molar-refractivity contribution >= 4 is 12.0 Å². The maximum Gasteiger partial charge on any atom is 0.326 e. The Hall–Kier alpha value is -1.34. The molecule has 0 aromatic heterocycles. The summed E-state index contributed by atoms with van der Waals surface area (Å²) < 4.78 is 0. The number of urea groups is 1. The number of aliphatic hydroxyl groups is 2. The molecule has 0 unspecified atom stereocenters. The Morgan fingerprint density at radius 3 is 2.35 bits per heavy atom. The van der Waals surface area contributed by atoms with Crippen molar-refractivity contribution in [1.29, 1.82) is 0 Å². The minimum atomic E-state index is -1.17. The molecular formula is C10H18N2O5. The second-order valence-corrected chi connectivity index (χ2v) is 4.00. The lowest BCUT2D eigenvalue weighted by Crippen LogP contribution is -2.49. The van der Waals surface area contributed by atoms with Crippen LogP contribution in [-0.4, -0.2) is 64.1 Å². The SMILES string of the molecule is O=C(O)[C@@H](CCO)NC(=O)N(CCO)C1CC1. The van der Waals surface area contributed by atoms with Crippen LogP contribution in [0.2, 0.25) is 0 Å². The summed E-state index contributed by atoms with van der Waals surface area (Å²) in [6, 6.07) is -1.49. The Morgan fingerprint density at radius 2 is 1.94 bits per heavy atom. The van der Waals surface area contributed by atoms with Gasteiger partial charge in [-0.15, -0.1) is 0 Å². The smallest absolute Gasteiger partial charge is 0.326 e. The highest BCUT2D eigenvalue weighted by atomic mass is 16.4. The number of hydrogen-bond acceptors (Lipinski definition) is 4. The van der Waals surface area contributed by atoms with Gasteiger partial charge in [-0.3, -0.25) is 0 Å². The average molecular weight is 246 g/mol. The lowest BCUT2D eigenvalue weighted by molar-refractivity contribution is -0.139. The molecule has 1 aliphatic rings. The molecule has 0 aromatic rings. The van der Waals surface area contributed by atoms with Crippen molar-refractivity contribution < 1.29 is 24.9 Å². The molecule has 98 valence electrons. The number of nitrogens with one attached hydrogen (secondary N) is 1. The number of amides is 2. The summed E-state index contributed by atoms with van der Waals surface area (Å²) in [5.41, 5.74) is 0. The number of hydrogen-bond donors (Lipinski definition) is 4. The number of carbonyl (C=O) groups excluding carboxylic acids is 1. The lowest BCUT2D eigenvalue weighted by atomic mass is 10.2. The lowest BCUT2D eigenvalue weighted by Gasteiger charge is -2.24. The van der Waals surface area contributed by atoms with E-state index in [9.17, 15) is 9.59 Å². The molecule has 1 atom stereocenters. The van der Waals surface area contributed by atoms with Gasteiger partial charge in [0.1, 0.15) is 6.04 Å². The molecule has 1 rings (SSSR count). The molecule has 0 spiro atoms. The third-order valence-electron chi connectivity index (χ3n) is 2.60. The van der Waals surface area contributed by atoms with Crippen LogP contribution in [0.4, 0.5) is 4.79 Å². The van der Waals surface area contributed by atoms with Gasteiger partial charge in [-0.2, -0.15) is 0 Å². The molecule has 0 bridgehead atoms. The molecule has 2 amide bonds. The van der Waals surface area contributed by atoms with Gasteiger partial charge in [0.15, 0.2) is 0 Å². The molecule has 0 heterocycles. The van der Waals surface area contributed by atoms with Crippen molar-refractivity contribution in [2.75, 3.05) is 19.8 Å². The van der Waals surface area contributed by atoms with E-state index in [1.54, 1.807) is 0 Å². The van der Waals surface area contributed by atoms with E-state index in [2.05, 4.69) is 5.32 Å². The van der Waals surface area contributed by atoms with Crippen LogP contribution >= 0.6 is 0 Å². The molecule has 4 N–H and O–H groups in total. The van der Waals surface area contributed by atoms with Crippen molar-refractivity contribution in [2.45, 2.75) is 31.3 Å².